The van der Waals surface area contributed by atoms with E-state index >= 15 is 0 Å². The third-order valence-corrected chi connectivity index (χ3v) is 4.96. The first kappa shape index (κ1) is 17.0. The minimum atomic E-state index is -0.955. The molecule has 3 rings (SSSR count). The van der Waals surface area contributed by atoms with Crippen LogP contribution in [0, 0.1) is 0 Å². The lowest BCUT2D eigenvalue weighted by atomic mass is 10.0. The summed E-state index contributed by atoms with van der Waals surface area (Å²) < 4.78 is 2.44. The minimum Gasteiger partial charge on any atom is -0.480 e. The number of nitrogens with zero attached hydrogens (tertiary/aromatic N) is 2. The largest absolute Gasteiger partial charge is 0.480 e. The summed E-state index contributed by atoms with van der Waals surface area (Å²) in [6.07, 6.45) is 4.78. The van der Waals surface area contributed by atoms with Crippen molar-refractivity contribution in [3.63, 3.8) is 0 Å². The van der Waals surface area contributed by atoms with Gasteiger partial charge < -0.3 is 14.8 Å². The molecule has 7 heteroatoms. The molecule has 2 aromatic rings. The molecule has 24 heavy (non-hydrogen) atoms. The summed E-state index contributed by atoms with van der Waals surface area (Å²) in [6, 6.07) is 4.79. The van der Waals surface area contributed by atoms with E-state index in [9.17, 15) is 14.7 Å². The Hall–Kier alpha value is -1.86. The standard InChI is InChI=1S/C17H19BrN2O4/c18-11-4-5-12-13(9-20(10-15(21)22)14(12)8-11)16(17(23)24)19-6-2-1-3-7-19/h4-5,8-9,16H,1-3,6-7,10H2,(H,21,22)(H,23,24)/t16-/m0/s1. The van der Waals surface area contributed by atoms with Gasteiger partial charge >= 0.3 is 11.9 Å². The van der Waals surface area contributed by atoms with E-state index in [1.807, 2.05) is 23.1 Å². The van der Waals surface area contributed by atoms with Crippen molar-refractivity contribution in [3.8, 4) is 0 Å². The molecule has 0 bridgehead atoms. The number of piperidine rings is 1. The van der Waals surface area contributed by atoms with Crippen LogP contribution < -0.4 is 0 Å². The van der Waals surface area contributed by atoms with Crippen molar-refractivity contribution in [3.05, 3.63) is 34.4 Å². The molecule has 0 radical (unpaired) electrons. The fraction of sp³-hybridized carbons (Fsp3) is 0.412. The quantitative estimate of drug-likeness (QED) is 0.813. The van der Waals surface area contributed by atoms with E-state index in [1.54, 1.807) is 10.8 Å². The number of hydrogen-bond donors (Lipinski definition) is 2. The molecule has 6 nitrogen and oxygen atoms in total. The highest BCUT2D eigenvalue weighted by Gasteiger charge is 2.31. The van der Waals surface area contributed by atoms with Gasteiger partial charge in [-0.05, 0) is 38.1 Å². The van der Waals surface area contributed by atoms with E-state index in [0.29, 0.717) is 5.56 Å². The van der Waals surface area contributed by atoms with Gasteiger partial charge in [0.25, 0.3) is 0 Å². The molecule has 128 valence electrons. The van der Waals surface area contributed by atoms with Crippen LogP contribution in [0.3, 0.4) is 0 Å². The molecule has 0 aliphatic carbocycles. The summed E-state index contributed by atoms with van der Waals surface area (Å²) >= 11 is 3.40. The Balaban J connectivity index is 2.12. The Morgan fingerprint density at radius 1 is 1.17 bits per heavy atom. The van der Waals surface area contributed by atoms with Crippen LogP contribution >= 0.6 is 15.9 Å². The van der Waals surface area contributed by atoms with Crippen LogP contribution in [0.4, 0.5) is 0 Å². The monoisotopic (exact) mass is 394 g/mol. The molecule has 2 N–H and O–H groups in total. The van der Waals surface area contributed by atoms with Gasteiger partial charge in [0.15, 0.2) is 0 Å². The second-order valence-corrected chi connectivity index (χ2v) is 7.02. The van der Waals surface area contributed by atoms with Crippen LogP contribution in [0.25, 0.3) is 10.9 Å². The van der Waals surface area contributed by atoms with Crippen molar-refractivity contribution in [1.82, 2.24) is 9.47 Å². The SMILES string of the molecule is O=C(O)Cn1cc([C@@H](C(=O)O)N2CCCCC2)c2ccc(Br)cc21. The zero-order chi connectivity index (χ0) is 17.3. The topological polar surface area (TPSA) is 82.8 Å². The summed E-state index contributed by atoms with van der Waals surface area (Å²) in [5.41, 5.74) is 1.39. The Morgan fingerprint density at radius 3 is 2.50 bits per heavy atom. The first-order chi connectivity index (χ1) is 11.5. The first-order valence-electron chi connectivity index (χ1n) is 7.94. The fourth-order valence-electron chi connectivity index (χ4n) is 3.45. The zero-order valence-electron chi connectivity index (χ0n) is 13.1. The zero-order valence-corrected chi connectivity index (χ0v) is 14.7. The Morgan fingerprint density at radius 2 is 1.88 bits per heavy atom. The fourth-order valence-corrected chi connectivity index (χ4v) is 3.80. The van der Waals surface area contributed by atoms with Gasteiger partial charge in [0.05, 0.1) is 5.52 Å². The third-order valence-electron chi connectivity index (χ3n) is 4.47. The Labute approximate surface area is 147 Å². The van der Waals surface area contributed by atoms with Crippen molar-refractivity contribution in [2.75, 3.05) is 13.1 Å². The summed E-state index contributed by atoms with van der Waals surface area (Å²) in [5.74, 6) is -1.85. The summed E-state index contributed by atoms with van der Waals surface area (Å²) in [6.45, 7) is 1.30. The van der Waals surface area contributed by atoms with E-state index in [1.165, 1.54) is 0 Å². The lowest BCUT2D eigenvalue weighted by molar-refractivity contribution is -0.144. The lowest BCUT2D eigenvalue weighted by Gasteiger charge is -2.31. The molecule has 0 amide bonds. The number of rotatable bonds is 5. The number of benzene rings is 1. The number of fused-ring (bicyclic) bond motifs is 1. The molecule has 0 saturated carbocycles. The molecule has 1 atom stereocenters. The maximum atomic E-state index is 12.0. The molecule has 2 heterocycles. The number of carboxylic acids is 2. The lowest BCUT2D eigenvalue weighted by Crippen LogP contribution is -2.37. The van der Waals surface area contributed by atoms with Crippen LogP contribution in [0.2, 0.25) is 0 Å². The second kappa shape index (κ2) is 6.94. The number of likely N-dealkylation sites (tertiary alicyclic amines) is 1. The van der Waals surface area contributed by atoms with Crippen LogP contribution in [-0.4, -0.2) is 44.7 Å². The Kier molecular flexibility index (Phi) is 4.91. The predicted molar refractivity (Wildman–Crippen MR) is 93.1 cm³/mol. The highest BCUT2D eigenvalue weighted by molar-refractivity contribution is 9.10. The van der Waals surface area contributed by atoms with Gasteiger partial charge in [0.2, 0.25) is 0 Å². The number of aliphatic carboxylic acids is 2. The summed E-state index contributed by atoms with van der Waals surface area (Å²) in [4.78, 5) is 25.1. The maximum absolute atomic E-state index is 12.0. The first-order valence-corrected chi connectivity index (χ1v) is 8.73. The molecule has 0 spiro atoms. The van der Waals surface area contributed by atoms with Crippen LogP contribution in [0.5, 0.6) is 0 Å². The number of carboxylic acid groups (broad SMARTS) is 2. The highest BCUT2D eigenvalue weighted by Crippen LogP contribution is 2.33. The summed E-state index contributed by atoms with van der Waals surface area (Å²) in [5, 5.41) is 19.7. The van der Waals surface area contributed by atoms with Crippen molar-refractivity contribution in [1.29, 1.82) is 0 Å². The highest BCUT2D eigenvalue weighted by atomic mass is 79.9. The van der Waals surface area contributed by atoms with Crippen molar-refractivity contribution < 1.29 is 19.8 Å². The molecule has 1 aliphatic rings. The van der Waals surface area contributed by atoms with E-state index in [0.717, 1.165) is 47.7 Å². The normalized spacial score (nSPS) is 17.0. The van der Waals surface area contributed by atoms with Gasteiger partial charge in [-0.2, -0.15) is 0 Å². The van der Waals surface area contributed by atoms with Gasteiger partial charge in [0.1, 0.15) is 12.6 Å². The smallest absolute Gasteiger partial charge is 0.325 e. The van der Waals surface area contributed by atoms with Gasteiger partial charge in [0, 0.05) is 21.6 Å². The van der Waals surface area contributed by atoms with Crippen LogP contribution in [0.15, 0.2) is 28.9 Å². The molecule has 1 aromatic heterocycles. The minimum absolute atomic E-state index is 0.195. The van der Waals surface area contributed by atoms with Gasteiger partial charge in [-0.25, -0.2) is 0 Å². The molecular formula is C17H19BrN2O4. The molecule has 1 aliphatic heterocycles. The number of halogens is 1. The second-order valence-electron chi connectivity index (χ2n) is 6.10. The van der Waals surface area contributed by atoms with E-state index in [4.69, 9.17) is 5.11 Å². The molecular weight excluding hydrogens is 376 g/mol. The van der Waals surface area contributed by atoms with Crippen molar-refractivity contribution in [2.24, 2.45) is 0 Å². The van der Waals surface area contributed by atoms with Crippen LogP contribution in [0.1, 0.15) is 30.9 Å². The van der Waals surface area contributed by atoms with Gasteiger partial charge in [-0.1, -0.05) is 28.4 Å². The van der Waals surface area contributed by atoms with Crippen molar-refractivity contribution >= 4 is 38.8 Å². The maximum Gasteiger partial charge on any atom is 0.325 e. The van der Waals surface area contributed by atoms with Crippen molar-refractivity contribution in [2.45, 2.75) is 31.8 Å². The third kappa shape index (κ3) is 3.32. The van der Waals surface area contributed by atoms with E-state index < -0.39 is 18.0 Å². The number of aromatic nitrogens is 1. The average molecular weight is 395 g/mol. The molecule has 1 fully saturated rings. The van der Waals surface area contributed by atoms with E-state index in [-0.39, 0.29) is 6.54 Å². The molecule has 1 saturated heterocycles. The number of carbonyl (C=O) groups is 2. The average Bonchev–Trinajstić information content (AvgIpc) is 2.85. The number of hydrogen-bond acceptors (Lipinski definition) is 3. The Bertz CT molecular complexity index is 780. The van der Waals surface area contributed by atoms with Gasteiger partial charge in [-0.3, -0.25) is 14.5 Å². The molecule has 1 aromatic carbocycles. The van der Waals surface area contributed by atoms with Crippen LogP contribution in [-0.2, 0) is 16.1 Å². The summed E-state index contributed by atoms with van der Waals surface area (Å²) in [7, 11) is 0. The predicted octanol–water partition coefficient (Wildman–Crippen LogP) is 3.10. The van der Waals surface area contributed by atoms with Gasteiger partial charge in [-0.15, -0.1) is 0 Å². The molecule has 0 unspecified atom stereocenters. The van der Waals surface area contributed by atoms with E-state index in [2.05, 4.69) is 15.9 Å².